The van der Waals surface area contributed by atoms with E-state index in [1.54, 1.807) is 0 Å². The molecule has 0 spiro atoms. The second-order valence-electron chi connectivity index (χ2n) is 6.80. The summed E-state index contributed by atoms with van der Waals surface area (Å²) in [6.07, 6.45) is 6.25. The number of piperazine rings is 1. The summed E-state index contributed by atoms with van der Waals surface area (Å²) in [4.78, 5) is 17.3. The lowest BCUT2D eigenvalue weighted by Crippen LogP contribution is -2.43. The molecule has 1 aromatic carbocycles. The van der Waals surface area contributed by atoms with Crippen LogP contribution in [0.15, 0.2) is 18.2 Å². The van der Waals surface area contributed by atoms with E-state index in [4.69, 9.17) is 0 Å². The van der Waals surface area contributed by atoms with Gasteiger partial charge in [0.25, 0.3) is 5.91 Å². The van der Waals surface area contributed by atoms with Gasteiger partial charge in [-0.1, -0.05) is 25.3 Å². The first-order valence-corrected chi connectivity index (χ1v) is 8.72. The second kappa shape index (κ2) is 5.92. The summed E-state index contributed by atoms with van der Waals surface area (Å²) in [5.41, 5.74) is 3.37. The first kappa shape index (κ1) is 14.1. The molecule has 0 radical (unpaired) electrons. The first-order valence-electron chi connectivity index (χ1n) is 8.72. The van der Waals surface area contributed by atoms with Crippen molar-refractivity contribution in [1.29, 1.82) is 0 Å². The van der Waals surface area contributed by atoms with Crippen molar-refractivity contribution >= 4 is 11.6 Å². The lowest BCUT2D eigenvalue weighted by molar-refractivity contribution is 0.0660. The number of amides is 1. The van der Waals surface area contributed by atoms with Crippen molar-refractivity contribution in [1.82, 2.24) is 10.2 Å². The van der Waals surface area contributed by atoms with Gasteiger partial charge in [0, 0.05) is 50.0 Å². The number of rotatable bonds is 2. The summed E-state index contributed by atoms with van der Waals surface area (Å²) in [5.74, 6) is 0.263. The van der Waals surface area contributed by atoms with Crippen LogP contribution in [0.4, 0.5) is 5.69 Å². The third-order valence-electron chi connectivity index (χ3n) is 5.42. The number of benzene rings is 1. The quantitative estimate of drug-likeness (QED) is 0.911. The highest BCUT2D eigenvalue weighted by atomic mass is 16.2. The van der Waals surface area contributed by atoms with E-state index in [0.717, 1.165) is 38.3 Å². The fraction of sp³-hybridized carbons (Fsp3) is 0.611. The Labute approximate surface area is 132 Å². The molecule has 0 unspecified atom stereocenters. The van der Waals surface area contributed by atoms with E-state index in [9.17, 15) is 4.79 Å². The molecule has 2 aliphatic heterocycles. The lowest BCUT2D eigenvalue weighted by atomic mass is 9.94. The summed E-state index contributed by atoms with van der Waals surface area (Å²) in [6.45, 7) is 4.93. The van der Waals surface area contributed by atoms with Crippen LogP contribution in [-0.4, -0.2) is 43.0 Å². The molecule has 4 rings (SSSR count). The molecule has 1 saturated carbocycles. The van der Waals surface area contributed by atoms with Crippen molar-refractivity contribution in [3.05, 3.63) is 29.3 Å². The highest BCUT2D eigenvalue weighted by molar-refractivity contribution is 5.99. The number of hydrogen-bond acceptors (Lipinski definition) is 3. The molecular formula is C18H25N3O. The largest absolute Gasteiger partial charge is 0.369 e. The van der Waals surface area contributed by atoms with E-state index in [-0.39, 0.29) is 5.91 Å². The topological polar surface area (TPSA) is 35.6 Å². The van der Waals surface area contributed by atoms with E-state index in [1.165, 1.54) is 43.4 Å². The highest BCUT2D eigenvalue weighted by Crippen LogP contribution is 2.32. The average molecular weight is 299 g/mol. The van der Waals surface area contributed by atoms with Crippen LogP contribution in [0, 0.1) is 0 Å². The summed E-state index contributed by atoms with van der Waals surface area (Å²) in [6, 6.07) is 6.97. The maximum atomic E-state index is 12.8. The number of hydrogen-bond donors (Lipinski definition) is 1. The summed E-state index contributed by atoms with van der Waals surface area (Å²) in [7, 11) is 0. The molecule has 1 saturated heterocycles. The SMILES string of the molecule is O=C1c2cc(N3CCNCC3)ccc2CN1C1CCCCC1. The van der Waals surface area contributed by atoms with Crippen LogP contribution >= 0.6 is 0 Å². The van der Waals surface area contributed by atoms with Crippen molar-refractivity contribution in [3.8, 4) is 0 Å². The average Bonchev–Trinajstić information content (AvgIpc) is 2.93. The Kier molecular flexibility index (Phi) is 3.78. The number of nitrogens with one attached hydrogen (secondary N) is 1. The molecule has 4 nitrogen and oxygen atoms in total. The number of fused-ring (bicyclic) bond motifs is 1. The number of carbonyl (C=O) groups is 1. The molecule has 1 amide bonds. The molecular weight excluding hydrogens is 274 g/mol. The fourth-order valence-electron chi connectivity index (χ4n) is 4.12. The Hall–Kier alpha value is -1.55. The van der Waals surface area contributed by atoms with Crippen LogP contribution < -0.4 is 10.2 Å². The number of nitrogens with zero attached hydrogens (tertiary/aromatic N) is 2. The van der Waals surface area contributed by atoms with Gasteiger partial charge >= 0.3 is 0 Å². The molecule has 4 heteroatoms. The van der Waals surface area contributed by atoms with Crippen molar-refractivity contribution < 1.29 is 4.79 Å². The van der Waals surface area contributed by atoms with Crippen LogP contribution in [0.3, 0.4) is 0 Å². The molecule has 0 aromatic heterocycles. The molecule has 1 aliphatic carbocycles. The molecule has 0 atom stereocenters. The Balaban J connectivity index is 1.55. The smallest absolute Gasteiger partial charge is 0.254 e. The van der Waals surface area contributed by atoms with Gasteiger partial charge in [0.05, 0.1) is 0 Å². The lowest BCUT2D eigenvalue weighted by Gasteiger charge is -2.31. The predicted octanol–water partition coefficient (Wildman–Crippen LogP) is 2.38. The normalized spacial score (nSPS) is 23.0. The van der Waals surface area contributed by atoms with Gasteiger partial charge in [-0.15, -0.1) is 0 Å². The minimum Gasteiger partial charge on any atom is -0.369 e. The predicted molar refractivity (Wildman–Crippen MR) is 88.3 cm³/mol. The van der Waals surface area contributed by atoms with E-state index in [0.29, 0.717) is 6.04 Å². The third kappa shape index (κ3) is 2.50. The van der Waals surface area contributed by atoms with Crippen LogP contribution in [0.1, 0.15) is 48.0 Å². The maximum absolute atomic E-state index is 12.8. The highest BCUT2D eigenvalue weighted by Gasteiger charge is 2.33. The summed E-state index contributed by atoms with van der Waals surface area (Å²) < 4.78 is 0. The molecule has 0 bridgehead atoms. The third-order valence-corrected chi connectivity index (χ3v) is 5.42. The maximum Gasteiger partial charge on any atom is 0.254 e. The molecule has 2 fully saturated rings. The van der Waals surface area contributed by atoms with Crippen molar-refractivity contribution in [2.45, 2.75) is 44.7 Å². The minimum atomic E-state index is 0.263. The van der Waals surface area contributed by atoms with Gasteiger partial charge in [-0.05, 0) is 30.5 Å². The van der Waals surface area contributed by atoms with Gasteiger partial charge in [0.2, 0.25) is 0 Å². The van der Waals surface area contributed by atoms with Gasteiger partial charge in [-0.3, -0.25) is 4.79 Å². The van der Waals surface area contributed by atoms with Gasteiger partial charge in [-0.2, -0.15) is 0 Å². The summed E-state index contributed by atoms with van der Waals surface area (Å²) >= 11 is 0. The first-order chi connectivity index (χ1) is 10.8. The van der Waals surface area contributed by atoms with Crippen molar-refractivity contribution in [2.75, 3.05) is 31.1 Å². The van der Waals surface area contributed by atoms with E-state index in [1.807, 2.05) is 0 Å². The van der Waals surface area contributed by atoms with E-state index < -0.39 is 0 Å². The van der Waals surface area contributed by atoms with Crippen LogP contribution in [0.25, 0.3) is 0 Å². The number of anilines is 1. The Morgan fingerprint density at radius 2 is 1.82 bits per heavy atom. The van der Waals surface area contributed by atoms with Crippen molar-refractivity contribution in [2.24, 2.45) is 0 Å². The van der Waals surface area contributed by atoms with Crippen LogP contribution in [0.2, 0.25) is 0 Å². The Morgan fingerprint density at radius 1 is 1.05 bits per heavy atom. The van der Waals surface area contributed by atoms with Crippen LogP contribution in [-0.2, 0) is 6.54 Å². The van der Waals surface area contributed by atoms with E-state index >= 15 is 0 Å². The minimum absolute atomic E-state index is 0.263. The molecule has 22 heavy (non-hydrogen) atoms. The monoisotopic (exact) mass is 299 g/mol. The molecule has 1 aromatic rings. The van der Waals surface area contributed by atoms with Gasteiger partial charge in [0.15, 0.2) is 0 Å². The molecule has 2 heterocycles. The Morgan fingerprint density at radius 3 is 2.59 bits per heavy atom. The van der Waals surface area contributed by atoms with Gasteiger partial charge < -0.3 is 15.1 Å². The summed E-state index contributed by atoms with van der Waals surface area (Å²) in [5, 5.41) is 3.38. The zero-order valence-electron chi connectivity index (χ0n) is 13.2. The Bertz CT molecular complexity index is 559. The van der Waals surface area contributed by atoms with Crippen molar-refractivity contribution in [3.63, 3.8) is 0 Å². The fourth-order valence-corrected chi connectivity index (χ4v) is 4.12. The second-order valence-corrected chi connectivity index (χ2v) is 6.80. The number of carbonyl (C=O) groups excluding carboxylic acids is 1. The van der Waals surface area contributed by atoms with Crippen LogP contribution in [0.5, 0.6) is 0 Å². The van der Waals surface area contributed by atoms with Gasteiger partial charge in [-0.25, -0.2) is 0 Å². The molecule has 3 aliphatic rings. The zero-order chi connectivity index (χ0) is 14.9. The standard InChI is InChI=1S/C18H25N3O/c22-18-17-12-16(20-10-8-19-9-11-20)7-6-14(17)13-21(18)15-4-2-1-3-5-15/h6-7,12,15,19H,1-5,8-11,13H2. The zero-order valence-corrected chi connectivity index (χ0v) is 13.2. The molecule has 1 N–H and O–H groups in total. The van der Waals surface area contributed by atoms with E-state index in [2.05, 4.69) is 33.3 Å². The molecule has 118 valence electrons. The van der Waals surface area contributed by atoms with Gasteiger partial charge in [0.1, 0.15) is 0 Å².